The topological polar surface area (TPSA) is 32.3 Å². The summed E-state index contributed by atoms with van der Waals surface area (Å²) in [4.78, 5) is 13.6. The number of carbonyl (C=O) groups is 1. The molecule has 0 unspecified atom stereocenters. The summed E-state index contributed by atoms with van der Waals surface area (Å²) in [6.07, 6.45) is 8.48. The highest BCUT2D eigenvalue weighted by atomic mass is 16.2. The molecule has 1 aliphatic rings. The van der Waals surface area contributed by atoms with Gasteiger partial charge in [0.25, 0.3) is 0 Å². The van der Waals surface area contributed by atoms with Crippen LogP contribution in [0.1, 0.15) is 25.7 Å². The van der Waals surface area contributed by atoms with Crippen LogP contribution < -0.4 is 5.32 Å². The number of hydrogen-bond acceptors (Lipinski definition) is 2. The van der Waals surface area contributed by atoms with Gasteiger partial charge in [-0.05, 0) is 12.8 Å². The first-order valence-electron chi connectivity index (χ1n) is 6.01. The van der Waals surface area contributed by atoms with Gasteiger partial charge in [-0.3, -0.25) is 4.79 Å². The SMILES string of the molecule is C=CCN(CC=C)C(=O)CNC1CCCC1. The van der Waals surface area contributed by atoms with Crippen molar-refractivity contribution in [1.29, 1.82) is 0 Å². The smallest absolute Gasteiger partial charge is 0.237 e. The normalized spacial score (nSPS) is 16.0. The molecule has 1 aliphatic carbocycles. The van der Waals surface area contributed by atoms with E-state index in [2.05, 4.69) is 18.5 Å². The van der Waals surface area contributed by atoms with Gasteiger partial charge in [0.15, 0.2) is 0 Å². The highest BCUT2D eigenvalue weighted by Crippen LogP contribution is 2.17. The molecule has 1 amide bonds. The van der Waals surface area contributed by atoms with Crippen molar-refractivity contribution in [2.45, 2.75) is 31.7 Å². The van der Waals surface area contributed by atoms with Crippen LogP contribution in [0.25, 0.3) is 0 Å². The molecule has 0 spiro atoms. The van der Waals surface area contributed by atoms with Gasteiger partial charge in [0.1, 0.15) is 0 Å². The van der Waals surface area contributed by atoms with E-state index in [-0.39, 0.29) is 5.91 Å². The molecular formula is C13H22N2O. The van der Waals surface area contributed by atoms with Crippen LogP contribution in [-0.4, -0.2) is 36.5 Å². The van der Waals surface area contributed by atoms with Gasteiger partial charge in [-0.15, -0.1) is 13.2 Å². The molecule has 1 N–H and O–H groups in total. The van der Waals surface area contributed by atoms with E-state index in [0.29, 0.717) is 25.7 Å². The van der Waals surface area contributed by atoms with E-state index in [1.807, 2.05) is 0 Å². The summed E-state index contributed by atoms with van der Waals surface area (Å²) in [6, 6.07) is 0.540. The van der Waals surface area contributed by atoms with Gasteiger partial charge in [-0.2, -0.15) is 0 Å². The van der Waals surface area contributed by atoms with E-state index in [9.17, 15) is 4.79 Å². The van der Waals surface area contributed by atoms with Crippen LogP contribution in [0.2, 0.25) is 0 Å². The Morgan fingerprint density at radius 1 is 1.25 bits per heavy atom. The molecule has 16 heavy (non-hydrogen) atoms. The number of nitrogens with zero attached hydrogens (tertiary/aromatic N) is 1. The Balaban J connectivity index is 2.29. The number of carbonyl (C=O) groups excluding carboxylic acids is 1. The molecule has 1 saturated carbocycles. The van der Waals surface area contributed by atoms with Crippen molar-refractivity contribution < 1.29 is 4.79 Å². The Morgan fingerprint density at radius 2 is 1.81 bits per heavy atom. The van der Waals surface area contributed by atoms with Crippen molar-refractivity contribution in [2.24, 2.45) is 0 Å². The molecule has 0 bridgehead atoms. The molecule has 0 aromatic carbocycles. The Hall–Kier alpha value is -1.09. The molecule has 1 fully saturated rings. The number of hydrogen-bond donors (Lipinski definition) is 1. The monoisotopic (exact) mass is 222 g/mol. The van der Waals surface area contributed by atoms with Gasteiger partial charge < -0.3 is 10.2 Å². The maximum Gasteiger partial charge on any atom is 0.237 e. The number of nitrogens with one attached hydrogen (secondary N) is 1. The highest BCUT2D eigenvalue weighted by molar-refractivity contribution is 5.78. The molecule has 0 heterocycles. The lowest BCUT2D eigenvalue weighted by Crippen LogP contribution is -2.41. The van der Waals surface area contributed by atoms with Gasteiger partial charge in [-0.25, -0.2) is 0 Å². The second-order valence-electron chi connectivity index (χ2n) is 4.24. The molecule has 3 nitrogen and oxygen atoms in total. The van der Waals surface area contributed by atoms with E-state index in [0.717, 1.165) is 0 Å². The van der Waals surface area contributed by atoms with Crippen LogP contribution in [0, 0.1) is 0 Å². The van der Waals surface area contributed by atoms with E-state index in [1.165, 1.54) is 25.7 Å². The minimum absolute atomic E-state index is 0.131. The second kappa shape index (κ2) is 7.23. The zero-order chi connectivity index (χ0) is 11.8. The maximum absolute atomic E-state index is 11.8. The summed E-state index contributed by atoms with van der Waals surface area (Å²) in [5, 5.41) is 3.32. The summed E-state index contributed by atoms with van der Waals surface area (Å²) < 4.78 is 0. The summed E-state index contributed by atoms with van der Waals surface area (Å²) in [5.41, 5.74) is 0. The predicted molar refractivity (Wildman–Crippen MR) is 67.2 cm³/mol. The third-order valence-electron chi connectivity index (χ3n) is 2.95. The first kappa shape index (κ1) is 13.0. The van der Waals surface area contributed by atoms with Crippen LogP contribution >= 0.6 is 0 Å². The van der Waals surface area contributed by atoms with Gasteiger partial charge in [-0.1, -0.05) is 25.0 Å². The molecule has 0 aromatic rings. The third kappa shape index (κ3) is 4.19. The van der Waals surface area contributed by atoms with Crippen molar-refractivity contribution in [3.8, 4) is 0 Å². The summed E-state index contributed by atoms with van der Waals surface area (Å²) in [7, 11) is 0. The zero-order valence-corrected chi connectivity index (χ0v) is 9.95. The average Bonchev–Trinajstić information content (AvgIpc) is 2.78. The maximum atomic E-state index is 11.8. The minimum Gasteiger partial charge on any atom is -0.334 e. The second-order valence-corrected chi connectivity index (χ2v) is 4.24. The van der Waals surface area contributed by atoms with E-state index < -0.39 is 0 Å². The lowest BCUT2D eigenvalue weighted by Gasteiger charge is -2.20. The molecule has 0 radical (unpaired) electrons. The van der Waals surface area contributed by atoms with Gasteiger partial charge in [0.2, 0.25) is 5.91 Å². The quantitative estimate of drug-likeness (QED) is 0.665. The van der Waals surface area contributed by atoms with E-state index >= 15 is 0 Å². The van der Waals surface area contributed by atoms with Crippen molar-refractivity contribution in [3.63, 3.8) is 0 Å². The number of amides is 1. The molecule has 1 rings (SSSR count). The fourth-order valence-electron chi connectivity index (χ4n) is 2.06. The summed E-state index contributed by atoms with van der Waals surface area (Å²) >= 11 is 0. The lowest BCUT2D eigenvalue weighted by atomic mass is 10.2. The van der Waals surface area contributed by atoms with E-state index in [1.54, 1.807) is 17.1 Å². The molecule has 0 aromatic heterocycles. The Bertz CT molecular complexity index is 234. The van der Waals surface area contributed by atoms with Crippen molar-refractivity contribution in [3.05, 3.63) is 25.3 Å². The summed E-state index contributed by atoms with van der Waals surface area (Å²) in [6.45, 7) is 8.93. The van der Waals surface area contributed by atoms with E-state index in [4.69, 9.17) is 0 Å². The predicted octanol–water partition coefficient (Wildman–Crippen LogP) is 1.72. The van der Waals surface area contributed by atoms with Gasteiger partial charge >= 0.3 is 0 Å². The Kier molecular flexibility index (Phi) is 5.86. The third-order valence-corrected chi connectivity index (χ3v) is 2.95. The highest BCUT2D eigenvalue weighted by Gasteiger charge is 2.17. The standard InChI is InChI=1S/C13H22N2O/c1-3-9-15(10-4-2)13(16)11-14-12-7-5-6-8-12/h3-4,12,14H,1-2,5-11H2. The molecular weight excluding hydrogens is 200 g/mol. The Labute approximate surface area is 98.2 Å². The molecule has 0 aliphatic heterocycles. The van der Waals surface area contributed by atoms with Crippen LogP contribution in [0.5, 0.6) is 0 Å². The molecule has 3 heteroatoms. The van der Waals surface area contributed by atoms with Crippen LogP contribution in [0.3, 0.4) is 0 Å². The largest absolute Gasteiger partial charge is 0.334 e. The summed E-state index contributed by atoms with van der Waals surface area (Å²) in [5.74, 6) is 0.131. The van der Waals surface area contributed by atoms with Gasteiger partial charge in [0, 0.05) is 19.1 Å². The van der Waals surface area contributed by atoms with Crippen molar-refractivity contribution in [1.82, 2.24) is 10.2 Å². The molecule has 0 saturated heterocycles. The van der Waals surface area contributed by atoms with Crippen molar-refractivity contribution >= 4 is 5.91 Å². The van der Waals surface area contributed by atoms with Crippen molar-refractivity contribution in [2.75, 3.05) is 19.6 Å². The number of rotatable bonds is 7. The fourth-order valence-corrected chi connectivity index (χ4v) is 2.06. The molecule has 90 valence electrons. The fraction of sp³-hybridized carbons (Fsp3) is 0.615. The molecule has 0 atom stereocenters. The van der Waals surface area contributed by atoms with Crippen LogP contribution in [-0.2, 0) is 4.79 Å². The van der Waals surface area contributed by atoms with Crippen LogP contribution in [0.15, 0.2) is 25.3 Å². The Morgan fingerprint density at radius 3 is 2.31 bits per heavy atom. The minimum atomic E-state index is 0.131. The van der Waals surface area contributed by atoms with Gasteiger partial charge in [0.05, 0.1) is 6.54 Å². The first-order chi connectivity index (χ1) is 7.77. The lowest BCUT2D eigenvalue weighted by molar-refractivity contribution is -0.129. The first-order valence-corrected chi connectivity index (χ1v) is 6.01. The average molecular weight is 222 g/mol. The van der Waals surface area contributed by atoms with Crippen LogP contribution in [0.4, 0.5) is 0 Å². The zero-order valence-electron chi connectivity index (χ0n) is 9.95.